The van der Waals surface area contributed by atoms with E-state index in [1.807, 2.05) is 13.1 Å². The molecule has 10 aromatic heterocycles. The lowest BCUT2D eigenvalue weighted by Gasteiger charge is -2.29. The number of imidazole rings is 2. The summed E-state index contributed by atoms with van der Waals surface area (Å²) in [4.78, 5) is 95.7. The highest BCUT2D eigenvalue weighted by molar-refractivity contribution is 7.92. The highest BCUT2D eigenvalue weighted by Crippen LogP contribution is 2.35. The number of benzene rings is 1. The number of rotatable bonds is 18. The molecule has 107 heavy (non-hydrogen) atoms. The molecule has 0 radical (unpaired) electrons. The van der Waals surface area contributed by atoms with Gasteiger partial charge in [0, 0.05) is 85.0 Å². The van der Waals surface area contributed by atoms with E-state index >= 15 is 0 Å². The molecule has 37 nitrogen and oxygen atoms in total. The van der Waals surface area contributed by atoms with Crippen LogP contribution in [-0.4, -0.2) is 219 Å². The summed E-state index contributed by atoms with van der Waals surface area (Å²) in [6.07, 6.45) is 15.5. The topological polar surface area (TPSA) is 484 Å². The van der Waals surface area contributed by atoms with Gasteiger partial charge < -0.3 is 46.0 Å². The monoisotopic (exact) mass is 1620 g/mol. The number of carbonyl (C=O) groups is 3. The summed E-state index contributed by atoms with van der Waals surface area (Å²) < 4.78 is 108. The number of nitrogen functional groups attached to an aromatic ring is 1. The summed E-state index contributed by atoms with van der Waals surface area (Å²) in [7, 11) is -5.35. The molecular weight excluding hydrogens is 1560 g/mol. The van der Waals surface area contributed by atoms with Crippen LogP contribution in [0.25, 0.3) is 45.1 Å². The number of anilines is 10. The molecule has 1 fully saturated rings. The Labute approximate surface area is 633 Å². The van der Waals surface area contributed by atoms with Gasteiger partial charge in [0.05, 0.1) is 84.5 Å². The Balaban J connectivity index is 0.000000178. The number of H-pyrrole nitrogens is 2. The molecule has 1 aromatic carbocycles. The Morgan fingerprint density at radius 1 is 0.542 bits per heavy atom. The van der Waals surface area contributed by atoms with Crippen molar-refractivity contribution in [2.45, 2.75) is 0 Å². The van der Waals surface area contributed by atoms with Gasteiger partial charge in [-0.1, -0.05) is 34.8 Å². The zero-order valence-corrected chi connectivity index (χ0v) is 64.3. The minimum Gasteiger partial charge on any atom is -0.465 e. The normalized spacial score (nSPS) is 12.1. The van der Waals surface area contributed by atoms with Gasteiger partial charge in [-0.15, -0.1) is 0 Å². The van der Waals surface area contributed by atoms with Crippen LogP contribution in [-0.2, 0) is 49.6 Å². The third-order valence-electron chi connectivity index (χ3n) is 15.0. The molecule has 11 aromatic rings. The van der Waals surface area contributed by atoms with Crippen LogP contribution in [0.1, 0.15) is 31.1 Å². The number of ether oxygens (including phenoxy) is 2. The third kappa shape index (κ3) is 20.8. The predicted octanol–water partition coefficient (Wildman–Crippen LogP) is 7.03. The average Bonchev–Trinajstić information content (AvgIpc) is 1.69. The maximum atomic E-state index is 12.4. The minimum absolute atomic E-state index is 0.0137. The molecule has 1 saturated heterocycles. The van der Waals surface area contributed by atoms with E-state index in [1.54, 1.807) is 36.4 Å². The van der Waals surface area contributed by atoms with Crippen LogP contribution < -0.4 is 43.8 Å². The number of nitrogens with zero attached hydrogens (tertiary/aromatic N) is 18. The number of halogens is 4. The molecule has 45 heteroatoms. The summed E-state index contributed by atoms with van der Waals surface area (Å²) in [5.74, 6) is 0.774. The fourth-order valence-corrected chi connectivity index (χ4v) is 11.8. The number of sulfonamides is 4. The number of esters is 1. The van der Waals surface area contributed by atoms with Crippen molar-refractivity contribution in [3.05, 3.63) is 161 Å². The van der Waals surface area contributed by atoms with Crippen molar-refractivity contribution in [2.75, 3.05) is 137 Å². The maximum absolute atomic E-state index is 12.4. The number of hydrogen-bond acceptors (Lipinski definition) is 30. The minimum atomic E-state index is -3.59. The summed E-state index contributed by atoms with van der Waals surface area (Å²) in [6, 6.07) is 22.1. The van der Waals surface area contributed by atoms with E-state index in [1.165, 1.54) is 103 Å². The first-order chi connectivity index (χ1) is 50.5. The zero-order chi connectivity index (χ0) is 78.3. The number of fused-ring (bicyclic) bond motifs is 2. The van der Waals surface area contributed by atoms with Crippen molar-refractivity contribution >= 4 is 184 Å². The highest BCUT2D eigenvalue weighted by Gasteiger charge is 2.26. The number of aromatic amines is 2. The molecular formula is C62H66Cl4N24O13S4. The summed E-state index contributed by atoms with van der Waals surface area (Å²) in [6.45, 7) is 3.14. The van der Waals surface area contributed by atoms with Crippen molar-refractivity contribution in [3.63, 3.8) is 0 Å². The van der Waals surface area contributed by atoms with Crippen LogP contribution >= 0.6 is 46.4 Å². The lowest BCUT2D eigenvalue weighted by atomic mass is 10.2. The largest absolute Gasteiger partial charge is 0.465 e. The molecule has 7 N–H and O–H groups in total. The van der Waals surface area contributed by atoms with E-state index in [0.29, 0.717) is 64.1 Å². The Kier molecular flexibility index (Phi) is 27.1. The average molecular weight is 1630 g/mol. The molecule has 11 heterocycles. The molecule has 0 bridgehead atoms. The number of nitrogens with one attached hydrogen (secondary N) is 5. The first-order valence-corrected chi connectivity index (χ1v) is 39.4. The molecule has 1 amide bonds. The van der Waals surface area contributed by atoms with Gasteiger partial charge in [0.1, 0.15) is 52.5 Å². The second kappa shape index (κ2) is 35.4. The molecule has 0 unspecified atom stereocenters. The van der Waals surface area contributed by atoms with Gasteiger partial charge in [-0.25, -0.2) is 103 Å². The molecule has 0 atom stereocenters. The van der Waals surface area contributed by atoms with Gasteiger partial charge in [-0.05, 0) is 90.5 Å². The SMILES string of the molecule is CN(c1ncccc1-c1nc2ncnc(Cl)c2[nH]1)S(C)(=O)=O.CN(c1ncccc1C(=O)Cl)S(C)(=O)=O.CN(c1ncccc1C(=O)Nc1c(N)ncnc1Cl)S(C)(=O)=O.CNc1cc(N2CCOCC2)ccc1Nc1ncnc2nc(-c3cccnc3N(C)S(C)(=O)=O)[nH]c12.COC(=O)c1cccnc1Cl. The molecule has 1 aliphatic heterocycles. The van der Waals surface area contributed by atoms with Crippen LogP contribution in [0.2, 0.25) is 15.5 Å². The molecule has 564 valence electrons. The number of amides is 1. The smallest absolute Gasteiger partial charge is 0.341 e. The Hall–Kier alpha value is -10.9. The van der Waals surface area contributed by atoms with E-state index in [0.717, 1.165) is 78.7 Å². The van der Waals surface area contributed by atoms with Gasteiger partial charge in [-0.3, -0.25) is 26.8 Å². The van der Waals surface area contributed by atoms with Crippen LogP contribution in [0.15, 0.2) is 129 Å². The number of pyridine rings is 5. The highest BCUT2D eigenvalue weighted by atomic mass is 35.5. The molecule has 0 spiro atoms. The number of aromatic nitrogens is 15. The predicted molar refractivity (Wildman–Crippen MR) is 409 cm³/mol. The lowest BCUT2D eigenvalue weighted by molar-refractivity contribution is 0.0600. The van der Waals surface area contributed by atoms with Crippen LogP contribution in [0, 0.1) is 0 Å². The molecule has 0 saturated carbocycles. The number of morpholine rings is 1. The molecule has 12 rings (SSSR count). The van der Waals surface area contributed by atoms with E-state index in [-0.39, 0.29) is 66.9 Å². The second-order valence-electron chi connectivity index (χ2n) is 22.1. The van der Waals surface area contributed by atoms with Gasteiger partial charge in [0.25, 0.3) is 11.1 Å². The quantitative estimate of drug-likeness (QED) is 0.0217. The summed E-state index contributed by atoms with van der Waals surface area (Å²) >= 11 is 22.7. The van der Waals surface area contributed by atoms with Crippen molar-refractivity contribution in [2.24, 2.45) is 0 Å². The summed E-state index contributed by atoms with van der Waals surface area (Å²) in [5, 5.41) is 8.71. The second-order valence-corrected chi connectivity index (χ2v) is 31.5. The van der Waals surface area contributed by atoms with Crippen LogP contribution in [0.3, 0.4) is 0 Å². The Bertz CT molecular complexity index is 5540. The van der Waals surface area contributed by atoms with Crippen molar-refractivity contribution in [1.82, 2.24) is 74.8 Å². The Morgan fingerprint density at radius 3 is 1.49 bits per heavy atom. The number of methoxy groups -OCH3 is 1. The zero-order valence-electron chi connectivity index (χ0n) is 58.0. The lowest BCUT2D eigenvalue weighted by Crippen LogP contribution is -2.36. The Morgan fingerprint density at radius 2 is 0.991 bits per heavy atom. The fraction of sp³-hybridized carbons (Fsp3) is 0.226. The third-order valence-corrected chi connectivity index (χ3v) is 20.7. The van der Waals surface area contributed by atoms with Gasteiger partial charge in [0.15, 0.2) is 56.5 Å². The van der Waals surface area contributed by atoms with Gasteiger partial charge in [0.2, 0.25) is 40.1 Å². The molecule has 1 aliphatic rings. The molecule has 0 aliphatic carbocycles. The number of carbonyl (C=O) groups excluding carboxylic acids is 3. The number of nitrogens with two attached hydrogens (primary N) is 1. The van der Waals surface area contributed by atoms with E-state index < -0.39 is 57.2 Å². The standard InChI is InChI=1S/C23H27N9O3S.C12H13ClN6O3S.C12H11ClN6O2S.C8H9ClN2O3S.C7H6ClNO2/c1-24-18-13-15(32-9-11-35-12-10-32)6-7-17(18)28-21-19-22(27-14-26-21)30-20(29-19)16-5-4-8-25-23(16)31(2)36(3,33)34;1-19(23(2,21)22)11-7(4-3-5-15-11)12(20)18-8-9(13)16-6-17-10(8)14;1-19(22(2,20)21)12-7(4-3-5-14-12)10-17-8-9(13)15-6-16-11(8)18-10;1-11(15(2,13)14)8-6(7(9)12)4-3-5-10-8;1-11-7(10)5-3-2-4-9-6(5)8/h4-8,13-14,24H,9-12H2,1-3H3,(H2,26,27,28,29,30);3-6H,1-2H3,(H,18,20)(H2,14,16,17);3-6H,1-2H3,(H,15,16,17,18);3-5H,1-2H3;2-4H,1H3. The van der Waals surface area contributed by atoms with Gasteiger partial charge >= 0.3 is 5.97 Å². The number of hydrogen-bond donors (Lipinski definition) is 6. The van der Waals surface area contributed by atoms with Crippen molar-refractivity contribution in [3.8, 4) is 22.8 Å². The van der Waals surface area contributed by atoms with E-state index in [4.69, 9.17) is 56.9 Å². The maximum Gasteiger partial charge on any atom is 0.341 e. The fourth-order valence-electron chi connectivity index (χ4n) is 9.21. The summed E-state index contributed by atoms with van der Waals surface area (Å²) in [5.41, 5.74) is 11.9. The van der Waals surface area contributed by atoms with Gasteiger partial charge in [-0.2, -0.15) is 0 Å². The first-order valence-electron chi connectivity index (χ1n) is 30.5. The van der Waals surface area contributed by atoms with Crippen LogP contribution in [0.4, 0.5) is 57.7 Å². The van der Waals surface area contributed by atoms with Crippen LogP contribution in [0.5, 0.6) is 0 Å². The van der Waals surface area contributed by atoms with Crippen molar-refractivity contribution in [1.29, 1.82) is 0 Å². The first kappa shape index (κ1) is 81.7. The van der Waals surface area contributed by atoms with Crippen molar-refractivity contribution < 1.29 is 57.5 Å². The van der Waals surface area contributed by atoms with E-state index in [9.17, 15) is 48.1 Å². The van der Waals surface area contributed by atoms with E-state index in [2.05, 4.69) is 112 Å².